The van der Waals surface area contributed by atoms with Gasteiger partial charge in [0.2, 0.25) is 0 Å². The highest BCUT2D eigenvalue weighted by Crippen LogP contribution is 2.34. The molecular formula is C15H16FN3O6P+. The molecule has 0 aliphatic carbocycles. The summed E-state index contributed by atoms with van der Waals surface area (Å²) < 4.78 is 42.4. The van der Waals surface area contributed by atoms with Gasteiger partial charge in [-0.15, -0.1) is 4.52 Å². The fraction of sp³-hybridized carbons (Fsp3) is 0.333. The molecule has 0 saturated carbocycles. The van der Waals surface area contributed by atoms with Crippen LogP contribution in [0, 0.1) is 0 Å². The van der Waals surface area contributed by atoms with Gasteiger partial charge >= 0.3 is 13.9 Å². The summed E-state index contributed by atoms with van der Waals surface area (Å²) in [7, 11) is -2.55. The van der Waals surface area contributed by atoms with E-state index >= 15 is 0 Å². The lowest BCUT2D eigenvalue weighted by atomic mass is 10.1. The minimum atomic E-state index is -2.55. The van der Waals surface area contributed by atoms with Crippen LogP contribution in [0.1, 0.15) is 6.23 Å². The number of nitrogen functional groups attached to an aromatic ring is 1. The zero-order chi connectivity index (χ0) is 18.7. The van der Waals surface area contributed by atoms with Crippen molar-refractivity contribution in [2.24, 2.45) is 0 Å². The number of hydrogen-bond acceptors (Lipinski definition) is 8. The fourth-order valence-electron chi connectivity index (χ4n) is 2.41. The van der Waals surface area contributed by atoms with Crippen LogP contribution < -0.4 is 15.9 Å². The van der Waals surface area contributed by atoms with E-state index in [0.717, 1.165) is 4.57 Å². The average Bonchev–Trinajstić information content (AvgIpc) is 2.89. The molecule has 5 atom stereocenters. The Kier molecular flexibility index (Phi) is 5.58. The molecule has 11 heteroatoms. The van der Waals surface area contributed by atoms with Gasteiger partial charge in [-0.2, -0.15) is 4.98 Å². The zero-order valence-electron chi connectivity index (χ0n) is 13.3. The molecule has 1 unspecified atom stereocenters. The van der Waals surface area contributed by atoms with E-state index < -0.39 is 45.2 Å². The number of aliphatic hydroxyl groups excluding tert-OH is 1. The van der Waals surface area contributed by atoms with Crippen LogP contribution in [0.2, 0.25) is 0 Å². The number of anilines is 1. The number of benzene rings is 1. The van der Waals surface area contributed by atoms with Crippen LogP contribution in [0.3, 0.4) is 0 Å². The molecule has 1 saturated heterocycles. The van der Waals surface area contributed by atoms with Gasteiger partial charge in [0, 0.05) is 10.8 Å². The fourth-order valence-corrected chi connectivity index (χ4v) is 3.03. The highest BCUT2D eigenvalue weighted by Gasteiger charge is 2.47. The first kappa shape index (κ1) is 18.4. The van der Waals surface area contributed by atoms with Gasteiger partial charge < -0.3 is 15.6 Å². The SMILES string of the molecule is Nc1ccn([C@@H]2O[C@H](CO[P+](=O)Oc3ccccc3)[C@@H](O)[C@H]2F)c(=O)n1. The van der Waals surface area contributed by atoms with Crippen molar-refractivity contribution < 1.29 is 27.8 Å². The molecule has 1 aliphatic heterocycles. The van der Waals surface area contributed by atoms with E-state index in [4.69, 9.17) is 19.5 Å². The first-order chi connectivity index (χ1) is 12.5. The number of nitrogens with zero attached hydrogens (tertiary/aromatic N) is 2. The van der Waals surface area contributed by atoms with Crippen LogP contribution in [0.15, 0.2) is 47.4 Å². The Hall–Kier alpha value is -2.39. The van der Waals surface area contributed by atoms with Crippen LogP contribution in [-0.4, -0.2) is 39.6 Å². The number of aromatic nitrogens is 2. The predicted molar refractivity (Wildman–Crippen MR) is 88.4 cm³/mol. The lowest BCUT2D eigenvalue weighted by molar-refractivity contribution is -0.0446. The Morgan fingerprint density at radius 1 is 1.35 bits per heavy atom. The maximum Gasteiger partial charge on any atom is 0.750 e. The van der Waals surface area contributed by atoms with E-state index in [1.54, 1.807) is 30.3 Å². The van der Waals surface area contributed by atoms with Gasteiger partial charge in [0.05, 0.1) is 0 Å². The Labute approximate surface area is 148 Å². The number of aliphatic hydroxyl groups is 1. The first-order valence-electron chi connectivity index (χ1n) is 7.61. The van der Waals surface area contributed by atoms with Crippen molar-refractivity contribution >= 4 is 14.1 Å². The van der Waals surface area contributed by atoms with E-state index in [9.17, 15) is 18.9 Å². The molecule has 0 amide bonds. The number of halogens is 1. The number of para-hydroxylation sites is 1. The molecule has 138 valence electrons. The van der Waals surface area contributed by atoms with E-state index in [0.29, 0.717) is 5.75 Å². The summed E-state index contributed by atoms with van der Waals surface area (Å²) in [5.74, 6) is 0.317. The van der Waals surface area contributed by atoms with Crippen molar-refractivity contribution in [3.05, 3.63) is 53.1 Å². The van der Waals surface area contributed by atoms with Gasteiger partial charge in [0.1, 0.15) is 24.6 Å². The molecule has 1 aliphatic rings. The highest BCUT2D eigenvalue weighted by molar-refractivity contribution is 7.33. The van der Waals surface area contributed by atoms with E-state index in [1.165, 1.54) is 12.3 Å². The minimum absolute atomic E-state index is 0.0184. The van der Waals surface area contributed by atoms with Crippen LogP contribution in [0.5, 0.6) is 5.75 Å². The number of hydrogen-bond donors (Lipinski definition) is 2. The average molecular weight is 384 g/mol. The molecule has 3 rings (SSSR count). The smallest absolute Gasteiger partial charge is 0.387 e. The second kappa shape index (κ2) is 7.88. The summed E-state index contributed by atoms with van der Waals surface area (Å²) in [6.45, 7) is -0.392. The standard InChI is InChI=1S/C15H15FN3O6P/c16-12-13(20)10(8-23-26(22)25-9-4-2-1-3-5-9)24-14(12)19-7-6-11(17)18-15(19)21/h1-7,10,12-14,20H,8H2,(H-,17,18,21)/p+1/t10-,12-,13-,14-/m1/s1. The molecule has 1 fully saturated rings. The quantitative estimate of drug-likeness (QED) is 0.711. The molecule has 3 N–H and O–H groups in total. The van der Waals surface area contributed by atoms with E-state index in [2.05, 4.69) is 4.98 Å². The third-order valence-electron chi connectivity index (χ3n) is 3.69. The molecule has 1 aromatic carbocycles. The maximum absolute atomic E-state index is 14.3. The summed E-state index contributed by atoms with van der Waals surface area (Å²) >= 11 is 0. The highest BCUT2D eigenvalue weighted by atomic mass is 31.1. The number of rotatable bonds is 6. The normalized spacial score (nSPS) is 25.8. The van der Waals surface area contributed by atoms with Crippen molar-refractivity contribution in [1.29, 1.82) is 0 Å². The Bertz CT molecular complexity index is 836. The molecule has 0 spiro atoms. The molecule has 2 heterocycles. The third-order valence-corrected chi connectivity index (χ3v) is 4.41. The molecule has 2 aromatic rings. The number of ether oxygens (including phenoxy) is 1. The van der Waals surface area contributed by atoms with Crippen molar-refractivity contribution in [1.82, 2.24) is 9.55 Å². The third kappa shape index (κ3) is 4.05. The van der Waals surface area contributed by atoms with Gasteiger partial charge in [-0.25, -0.2) is 13.7 Å². The van der Waals surface area contributed by atoms with E-state index in [1.807, 2.05) is 0 Å². The van der Waals surface area contributed by atoms with Gasteiger partial charge in [-0.05, 0) is 18.2 Å². The maximum atomic E-state index is 14.3. The van der Waals surface area contributed by atoms with Gasteiger partial charge in [-0.1, -0.05) is 18.2 Å². The second-order valence-corrected chi connectivity index (χ2v) is 6.35. The van der Waals surface area contributed by atoms with Crippen LogP contribution in [0.4, 0.5) is 10.2 Å². The van der Waals surface area contributed by atoms with Gasteiger partial charge in [0.25, 0.3) is 0 Å². The number of nitrogens with two attached hydrogens (primary N) is 1. The second-order valence-electron chi connectivity index (χ2n) is 5.47. The molecule has 1 aromatic heterocycles. The summed E-state index contributed by atoms with van der Waals surface area (Å²) in [6.07, 6.45) is -4.80. The Morgan fingerprint density at radius 3 is 2.77 bits per heavy atom. The van der Waals surface area contributed by atoms with Crippen molar-refractivity contribution in [3.8, 4) is 5.75 Å². The molecule has 26 heavy (non-hydrogen) atoms. The van der Waals surface area contributed by atoms with Gasteiger partial charge in [0.15, 0.2) is 18.1 Å². The summed E-state index contributed by atoms with van der Waals surface area (Å²) in [5.41, 5.74) is 4.57. The Morgan fingerprint density at radius 2 is 2.08 bits per heavy atom. The van der Waals surface area contributed by atoms with E-state index in [-0.39, 0.29) is 5.82 Å². The summed E-state index contributed by atoms with van der Waals surface area (Å²) in [5, 5.41) is 9.96. The summed E-state index contributed by atoms with van der Waals surface area (Å²) in [4.78, 5) is 15.3. The first-order valence-corrected chi connectivity index (χ1v) is 8.70. The Balaban J connectivity index is 1.61. The van der Waals surface area contributed by atoms with Crippen LogP contribution in [0.25, 0.3) is 0 Å². The monoisotopic (exact) mass is 384 g/mol. The van der Waals surface area contributed by atoms with Crippen LogP contribution in [-0.2, 0) is 13.8 Å². The molecule has 9 nitrogen and oxygen atoms in total. The number of alkyl halides is 1. The largest absolute Gasteiger partial charge is 0.750 e. The van der Waals surface area contributed by atoms with Crippen molar-refractivity contribution in [2.75, 3.05) is 12.3 Å². The lowest BCUT2D eigenvalue weighted by Crippen LogP contribution is -2.33. The van der Waals surface area contributed by atoms with Crippen LogP contribution >= 0.6 is 8.25 Å². The minimum Gasteiger partial charge on any atom is -0.387 e. The van der Waals surface area contributed by atoms with Crippen molar-refractivity contribution in [2.45, 2.75) is 24.6 Å². The molecule has 0 radical (unpaired) electrons. The molecular weight excluding hydrogens is 368 g/mol. The zero-order valence-corrected chi connectivity index (χ0v) is 14.2. The summed E-state index contributed by atoms with van der Waals surface area (Å²) in [6, 6.07) is 9.63. The van der Waals surface area contributed by atoms with Crippen molar-refractivity contribution in [3.63, 3.8) is 0 Å². The predicted octanol–water partition coefficient (Wildman–Crippen LogP) is 1.17. The lowest BCUT2D eigenvalue weighted by Gasteiger charge is -2.15. The topological polar surface area (TPSA) is 126 Å². The molecule has 0 bridgehead atoms. The van der Waals surface area contributed by atoms with Gasteiger partial charge in [-0.3, -0.25) is 4.57 Å².